The first-order valence-electron chi connectivity index (χ1n) is 9.18. The van der Waals surface area contributed by atoms with Crippen molar-refractivity contribution in [3.05, 3.63) is 41.0 Å². The second kappa shape index (κ2) is 9.54. The topological polar surface area (TPSA) is 78.9 Å². The number of hydrogen-bond donors (Lipinski definition) is 0. The molecule has 0 spiro atoms. The van der Waals surface area contributed by atoms with Crippen LogP contribution in [0.15, 0.2) is 33.9 Å². The van der Waals surface area contributed by atoms with E-state index in [0.717, 1.165) is 29.5 Å². The summed E-state index contributed by atoms with van der Waals surface area (Å²) in [4.78, 5) is 4.49. The van der Waals surface area contributed by atoms with Crippen molar-refractivity contribution in [2.45, 2.75) is 50.1 Å². The van der Waals surface area contributed by atoms with E-state index in [1.807, 2.05) is 45.0 Å². The van der Waals surface area contributed by atoms with E-state index in [1.54, 1.807) is 7.11 Å². The van der Waals surface area contributed by atoms with E-state index in [4.69, 9.17) is 20.9 Å². The third kappa shape index (κ3) is 4.74. The molecule has 1 aromatic carbocycles. The Morgan fingerprint density at radius 1 is 1.21 bits per heavy atom. The fraction of sp³-hybridized carbons (Fsp3) is 0.474. The number of aromatic nitrogens is 5. The molecule has 1 atom stereocenters. The molecule has 7 nitrogen and oxygen atoms in total. The van der Waals surface area contributed by atoms with Crippen molar-refractivity contribution < 1.29 is 9.26 Å². The van der Waals surface area contributed by atoms with Crippen molar-refractivity contribution >= 4 is 23.4 Å². The SMILES string of the molecule is COCCCn1c(S[C@@H](C)c2nc(C(C)C)no2)nnc1-c1ccccc1Cl. The zero-order valence-electron chi connectivity index (χ0n) is 16.4. The minimum Gasteiger partial charge on any atom is -0.385 e. The number of benzene rings is 1. The minimum absolute atomic E-state index is 0.0514. The van der Waals surface area contributed by atoms with Crippen LogP contribution < -0.4 is 0 Å². The highest BCUT2D eigenvalue weighted by Crippen LogP contribution is 2.36. The van der Waals surface area contributed by atoms with Gasteiger partial charge in [0.2, 0.25) is 5.89 Å². The number of ether oxygens (including phenoxy) is 1. The van der Waals surface area contributed by atoms with E-state index < -0.39 is 0 Å². The molecular weight excluding hydrogens is 398 g/mol. The first-order chi connectivity index (χ1) is 13.5. The fourth-order valence-corrected chi connectivity index (χ4v) is 3.77. The lowest BCUT2D eigenvalue weighted by Gasteiger charge is -2.12. The van der Waals surface area contributed by atoms with Gasteiger partial charge in [0.25, 0.3) is 0 Å². The lowest BCUT2D eigenvalue weighted by Crippen LogP contribution is -2.06. The van der Waals surface area contributed by atoms with Gasteiger partial charge in [0.15, 0.2) is 16.8 Å². The average Bonchev–Trinajstić information content (AvgIpc) is 3.31. The molecule has 0 N–H and O–H groups in total. The minimum atomic E-state index is -0.0514. The van der Waals surface area contributed by atoms with Crippen molar-refractivity contribution in [1.29, 1.82) is 0 Å². The van der Waals surface area contributed by atoms with Crippen molar-refractivity contribution in [2.24, 2.45) is 0 Å². The summed E-state index contributed by atoms with van der Waals surface area (Å²) in [6.45, 7) is 7.47. The van der Waals surface area contributed by atoms with Gasteiger partial charge in [0.05, 0.1) is 10.3 Å². The van der Waals surface area contributed by atoms with Gasteiger partial charge < -0.3 is 13.8 Å². The number of halogens is 1. The van der Waals surface area contributed by atoms with E-state index >= 15 is 0 Å². The standard InChI is InChI=1S/C19H24ClN5O2S/c1-12(2)16-21-18(27-24-16)13(3)28-19-23-22-17(25(19)10-7-11-26-4)14-8-5-6-9-15(14)20/h5-6,8-9,12-13H,7,10-11H2,1-4H3/t13-/m0/s1. The number of nitrogens with zero attached hydrogens (tertiary/aromatic N) is 5. The summed E-state index contributed by atoms with van der Waals surface area (Å²) in [5.41, 5.74) is 0.855. The van der Waals surface area contributed by atoms with Crippen LogP contribution in [-0.2, 0) is 11.3 Å². The van der Waals surface area contributed by atoms with Crippen LogP contribution in [0.25, 0.3) is 11.4 Å². The van der Waals surface area contributed by atoms with Crippen molar-refractivity contribution in [1.82, 2.24) is 24.9 Å². The van der Waals surface area contributed by atoms with Gasteiger partial charge in [-0.05, 0) is 25.5 Å². The fourth-order valence-electron chi connectivity index (χ4n) is 2.64. The molecule has 0 fully saturated rings. The number of thioether (sulfide) groups is 1. The summed E-state index contributed by atoms with van der Waals surface area (Å²) in [5, 5.41) is 14.2. The summed E-state index contributed by atoms with van der Waals surface area (Å²) in [5.74, 6) is 2.25. The predicted octanol–water partition coefficient (Wildman–Crippen LogP) is 4.99. The summed E-state index contributed by atoms with van der Waals surface area (Å²) in [6.07, 6.45) is 0.839. The maximum Gasteiger partial charge on any atom is 0.239 e. The molecule has 2 aromatic heterocycles. The quantitative estimate of drug-likeness (QED) is 0.355. The molecule has 0 unspecified atom stereocenters. The van der Waals surface area contributed by atoms with Gasteiger partial charge in [0, 0.05) is 31.7 Å². The monoisotopic (exact) mass is 421 g/mol. The highest BCUT2D eigenvalue weighted by Gasteiger charge is 2.22. The molecule has 28 heavy (non-hydrogen) atoms. The first-order valence-corrected chi connectivity index (χ1v) is 10.4. The zero-order valence-corrected chi connectivity index (χ0v) is 18.0. The molecule has 0 saturated heterocycles. The highest BCUT2D eigenvalue weighted by molar-refractivity contribution is 7.99. The van der Waals surface area contributed by atoms with Gasteiger partial charge in [-0.2, -0.15) is 4.98 Å². The molecule has 0 aliphatic carbocycles. The summed E-state index contributed by atoms with van der Waals surface area (Å²) in [7, 11) is 1.70. The normalized spacial score (nSPS) is 12.6. The van der Waals surface area contributed by atoms with Crippen LogP contribution >= 0.6 is 23.4 Å². The van der Waals surface area contributed by atoms with E-state index in [9.17, 15) is 0 Å². The molecule has 150 valence electrons. The van der Waals surface area contributed by atoms with Gasteiger partial charge in [-0.25, -0.2) is 0 Å². The molecule has 0 aliphatic rings. The molecule has 0 bridgehead atoms. The largest absolute Gasteiger partial charge is 0.385 e. The first kappa shape index (κ1) is 20.8. The number of rotatable bonds is 9. The van der Waals surface area contributed by atoms with Gasteiger partial charge in [-0.3, -0.25) is 0 Å². The highest BCUT2D eigenvalue weighted by atomic mass is 35.5. The van der Waals surface area contributed by atoms with Gasteiger partial charge in [0.1, 0.15) is 0 Å². The van der Waals surface area contributed by atoms with E-state index in [2.05, 4.69) is 24.9 Å². The van der Waals surface area contributed by atoms with Crippen molar-refractivity contribution in [3.8, 4) is 11.4 Å². The van der Waals surface area contributed by atoms with E-state index in [0.29, 0.717) is 23.3 Å². The van der Waals surface area contributed by atoms with Crippen molar-refractivity contribution in [3.63, 3.8) is 0 Å². The number of methoxy groups -OCH3 is 1. The van der Waals surface area contributed by atoms with Crippen LogP contribution in [0.4, 0.5) is 0 Å². The lowest BCUT2D eigenvalue weighted by atomic mass is 10.2. The smallest absolute Gasteiger partial charge is 0.239 e. The molecule has 0 radical (unpaired) electrons. The van der Waals surface area contributed by atoms with Crippen LogP contribution in [0, 0.1) is 0 Å². The molecule has 0 amide bonds. The Balaban J connectivity index is 1.88. The van der Waals surface area contributed by atoms with Gasteiger partial charge >= 0.3 is 0 Å². The van der Waals surface area contributed by atoms with Gasteiger partial charge in [-0.15, -0.1) is 10.2 Å². The van der Waals surface area contributed by atoms with Crippen LogP contribution in [0.3, 0.4) is 0 Å². The Morgan fingerprint density at radius 3 is 2.68 bits per heavy atom. The Kier molecular flexibility index (Phi) is 7.09. The zero-order chi connectivity index (χ0) is 20.1. The molecule has 0 saturated carbocycles. The Morgan fingerprint density at radius 2 is 2.00 bits per heavy atom. The third-order valence-corrected chi connectivity index (χ3v) is 5.56. The van der Waals surface area contributed by atoms with Crippen molar-refractivity contribution in [2.75, 3.05) is 13.7 Å². The summed E-state index contributed by atoms with van der Waals surface area (Å²) in [6, 6.07) is 7.64. The molecular formula is C19H24ClN5O2S. The Bertz CT molecular complexity index is 911. The average molecular weight is 422 g/mol. The van der Waals surface area contributed by atoms with Crippen LogP contribution in [-0.4, -0.2) is 38.6 Å². The Labute approximate surface area is 173 Å². The lowest BCUT2D eigenvalue weighted by molar-refractivity contribution is 0.189. The maximum absolute atomic E-state index is 6.39. The second-order valence-corrected chi connectivity index (χ2v) is 8.40. The van der Waals surface area contributed by atoms with Crippen LogP contribution in [0.2, 0.25) is 5.02 Å². The number of hydrogen-bond acceptors (Lipinski definition) is 7. The van der Waals surface area contributed by atoms with Gasteiger partial charge in [-0.1, -0.05) is 54.5 Å². The summed E-state index contributed by atoms with van der Waals surface area (Å²) < 4.78 is 12.7. The second-order valence-electron chi connectivity index (χ2n) is 6.69. The predicted molar refractivity (Wildman–Crippen MR) is 110 cm³/mol. The summed E-state index contributed by atoms with van der Waals surface area (Å²) >= 11 is 7.93. The van der Waals surface area contributed by atoms with Crippen LogP contribution in [0.1, 0.15) is 50.1 Å². The Hall–Kier alpha value is -1.90. The van der Waals surface area contributed by atoms with E-state index in [-0.39, 0.29) is 11.2 Å². The molecule has 9 heteroatoms. The maximum atomic E-state index is 6.39. The van der Waals surface area contributed by atoms with Crippen LogP contribution in [0.5, 0.6) is 0 Å². The third-order valence-electron chi connectivity index (χ3n) is 4.17. The van der Waals surface area contributed by atoms with E-state index in [1.165, 1.54) is 11.8 Å². The molecule has 3 aromatic rings. The molecule has 3 rings (SSSR count). The molecule has 0 aliphatic heterocycles. The molecule has 2 heterocycles.